The van der Waals surface area contributed by atoms with Crippen LogP contribution in [0.4, 0.5) is 0 Å². The Balaban J connectivity index is 0.00000106. The lowest BCUT2D eigenvalue weighted by Crippen LogP contribution is -2.35. The molecule has 3 heteroatoms. The summed E-state index contributed by atoms with van der Waals surface area (Å²) in [4.78, 5) is 11.6. The molecule has 0 aromatic carbocycles. The second-order valence-corrected chi connectivity index (χ2v) is 4.30. The lowest BCUT2D eigenvalue weighted by atomic mass is 9.98. The van der Waals surface area contributed by atoms with Gasteiger partial charge >= 0.3 is 5.97 Å². The van der Waals surface area contributed by atoms with Crippen molar-refractivity contribution in [1.29, 1.82) is 0 Å². The van der Waals surface area contributed by atoms with Crippen LogP contribution in [-0.4, -0.2) is 18.1 Å². The monoisotopic (exact) mass is 229 g/mol. The van der Waals surface area contributed by atoms with Crippen LogP contribution in [0.2, 0.25) is 0 Å². The fourth-order valence-electron chi connectivity index (χ4n) is 1.96. The molecule has 1 saturated carbocycles. The topological polar surface area (TPSA) is 52.3 Å². The van der Waals surface area contributed by atoms with Gasteiger partial charge in [-0.1, -0.05) is 27.7 Å². The van der Waals surface area contributed by atoms with E-state index in [1.165, 1.54) is 12.8 Å². The Labute approximate surface area is 99.7 Å². The number of ether oxygens (including phenoxy) is 1. The molecule has 0 amide bonds. The molecule has 16 heavy (non-hydrogen) atoms. The van der Waals surface area contributed by atoms with Gasteiger partial charge in [0, 0.05) is 6.54 Å². The quantitative estimate of drug-likeness (QED) is 0.754. The number of hydrogen-bond donors (Lipinski definition) is 1. The highest BCUT2D eigenvalue weighted by Crippen LogP contribution is 2.36. The summed E-state index contributed by atoms with van der Waals surface area (Å²) in [6.45, 7) is 8.28. The first-order valence-electron chi connectivity index (χ1n) is 6.56. The molecule has 1 aliphatic carbocycles. The summed E-state index contributed by atoms with van der Waals surface area (Å²) < 4.78 is 5.58. The van der Waals surface area contributed by atoms with Gasteiger partial charge in [-0.15, -0.1) is 0 Å². The number of carbonyl (C=O) groups is 1. The predicted molar refractivity (Wildman–Crippen MR) is 67.1 cm³/mol. The summed E-state index contributed by atoms with van der Waals surface area (Å²) in [6, 6.07) is 0. The zero-order valence-electron chi connectivity index (χ0n) is 11.2. The van der Waals surface area contributed by atoms with Crippen molar-refractivity contribution in [3.8, 4) is 0 Å². The maximum atomic E-state index is 11.6. The summed E-state index contributed by atoms with van der Waals surface area (Å²) in [5.74, 6) is -0.296. The molecular formula is C13H27NO2. The molecule has 0 aromatic heterocycles. The van der Waals surface area contributed by atoms with E-state index >= 15 is 0 Å². The Bertz CT molecular complexity index is 198. The van der Waals surface area contributed by atoms with Gasteiger partial charge in [-0.2, -0.15) is 0 Å². The number of carbonyl (C=O) groups excluding carboxylic acids is 1. The zero-order chi connectivity index (χ0) is 12.6. The standard InChI is InChI=1S/C11H21NO2.C2H6/c1-3-11(6-4-5-7-11)14-10(13)9(2)8-12;1-2/h9H,3-8,12H2,1-2H3;1-2H3. The van der Waals surface area contributed by atoms with Gasteiger partial charge in [0.05, 0.1) is 5.92 Å². The number of rotatable bonds is 4. The Morgan fingerprint density at radius 2 is 1.88 bits per heavy atom. The largest absolute Gasteiger partial charge is 0.459 e. The number of nitrogens with two attached hydrogens (primary N) is 1. The number of esters is 1. The van der Waals surface area contributed by atoms with E-state index in [1.54, 1.807) is 0 Å². The third-order valence-electron chi connectivity index (χ3n) is 3.23. The molecule has 1 unspecified atom stereocenters. The lowest BCUT2D eigenvalue weighted by molar-refractivity contribution is -0.163. The summed E-state index contributed by atoms with van der Waals surface area (Å²) in [6.07, 6.45) is 5.32. The summed E-state index contributed by atoms with van der Waals surface area (Å²) in [5.41, 5.74) is 5.26. The summed E-state index contributed by atoms with van der Waals surface area (Å²) >= 11 is 0. The first kappa shape index (κ1) is 15.4. The van der Waals surface area contributed by atoms with Gasteiger partial charge in [-0.3, -0.25) is 4.79 Å². The van der Waals surface area contributed by atoms with Crippen molar-refractivity contribution in [1.82, 2.24) is 0 Å². The Kier molecular flexibility index (Phi) is 7.39. The molecule has 3 nitrogen and oxygen atoms in total. The zero-order valence-corrected chi connectivity index (χ0v) is 11.2. The van der Waals surface area contributed by atoms with E-state index in [0.29, 0.717) is 6.54 Å². The SMILES string of the molecule is CC.CCC1(OC(=O)C(C)CN)CCCC1. The maximum absolute atomic E-state index is 11.6. The van der Waals surface area contributed by atoms with Gasteiger partial charge in [0.1, 0.15) is 5.60 Å². The Morgan fingerprint density at radius 1 is 1.38 bits per heavy atom. The van der Waals surface area contributed by atoms with Gasteiger partial charge in [0.2, 0.25) is 0 Å². The van der Waals surface area contributed by atoms with Gasteiger partial charge in [-0.05, 0) is 32.1 Å². The van der Waals surface area contributed by atoms with Crippen LogP contribution in [0.1, 0.15) is 59.8 Å². The van der Waals surface area contributed by atoms with E-state index in [0.717, 1.165) is 19.3 Å². The van der Waals surface area contributed by atoms with Crippen LogP contribution in [0.3, 0.4) is 0 Å². The second kappa shape index (κ2) is 7.66. The van der Waals surface area contributed by atoms with Crippen LogP contribution < -0.4 is 5.73 Å². The van der Waals surface area contributed by atoms with Crippen LogP contribution in [0.15, 0.2) is 0 Å². The Hall–Kier alpha value is -0.570. The van der Waals surface area contributed by atoms with Crippen molar-refractivity contribution in [2.45, 2.75) is 65.4 Å². The van der Waals surface area contributed by atoms with Crippen LogP contribution in [0.5, 0.6) is 0 Å². The fourth-order valence-corrected chi connectivity index (χ4v) is 1.96. The minimum Gasteiger partial charge on any atom is -0.459 e. The van der Waals surface area contributed by atoms with Crippen molar-refractivity contribution >= 4 is 5.97 Å². The summed E-state index contributed by atoms with van der Waals surface area (Å²) in [7, 11) is 0. The van der Waals surface area contributed by atoms with Crippen LogP contribution in [0.25, 0.3) is 0 Å². The molecule has 0 aliphatic heterocycles. The highest BCUT2D eigenvalue weighted by Gasteiger charge is 2.36. The van der Waals surface area contributed by atoms with Crippen LogP contribution >= 0.6 is 0 Å². The molecular weight excluding hydrogens is 202 g/mol. The average molecular weight is 229 g/mol. The van der Waals surface area contributed by atoms with Gasteiger partial charge in [0.25, 0.3) is 0 Å². The molecule has 2 N–H and O–H groups in total. The maximum Gasteiger partial charge on any atom is 0.310 e. The van der Waals surface area contributed by atoms with E-state index in [-0.39, 0.29) is 17.5 Å². The van der Waals surface area contributed by atoms with Crippen LogP contribution in [0, 0.1) is 5.92 Å². The van der Waals surface area contributed by atoms with E-state index in [9.17, 15) is 4.79 Å². The average Bonchev–Trinajstić information content (AvgIpc) is 2.79. The molecule has 1 aliphatic rings. The minimum absolute atomic E-state index is 0.128. The van der Waals surface area contributed by atoms with E-state index in [1.807, 2.05) is 20.8 Å². The molecule has 96 valence electrons. The van der Waals surface area contributed by atoms with E-state index < -0.39 is 0 Å². The predicted octanol–water partition coefficient (Wildman–Crippen LogP) is 2.87. The van der Waals surface area contributed by atoms with Gasteiger partial charge in [0.15, 0.2) is 0 Å². The van der Waals surface area contributed by atoms with Crippen molar-refractivity contribution in [3.63, 3.8) is 0 Å². The summed E-state index contributed by atoms with van der Waals surface area (Å²) in [5, 5.41) is 0. The van der Waals surface area contributed by atoms with Crippen molar-refractivity contribution in [2.75, 3.05) is 6.54 Å². The first-order chi connectivity index (χ1) is 7.63. The molecule has 0 aromatic rings. The van der Waals surface area contributed by atoms with Gasteiger partial charge in [-0.25, -0.2) is 0 Å². The molecule has 0 radical (unpaired) electrons. The molecule has 1 rings (SSSR count). The van der Waals surface area contributed by atoms with Crippen molar-refractivity contribution in [2.24, 2.45) is 11.7 Å². The van der Waals surface area contributed by atoms with E-state index in [4.69, 9.17) is 10.5 Å². The highest BCUT2D eigenvalue weighted by molar-refractivity contribution is 5.72. The van der Waals surface area contributed by atoms with Crippen molar-refractivity contribution in [3.05, 3.63) is 0 Å². The van der Waals surface area contributed by atoms with Crippen LogP contribution in [-0.2, 0) is 9.53 Å². The lowest BCUT2D eigenvalue weighted by Gasteiger charge is -2.28. The number of hydrogen-bond acceptors (Lipinski definition) is 3. The smallest absolute Gasteiger partial charge is 0.310 e. The third kappa shape index (κ3) is 4.12. The molecule has 1 atom stereocenters. The molecule has 0 heterocycles. The molecule has 0 bridgehead atoms. The third-order valence-corrected chi connectivity index (χ3v) is 3.23. The molecule has 0 spiro atoms. The fraction of sp³-hybridized carbons (Fsp3) is 0.923. The van der Waals surface area contributed by atoms with Gasteiger partial charge < -0.3 is 10.5 Å². The molecule has 0 saturated heterocycles. The van der Waals surface area contributed by atoms with Crippen molar-refractivity contribution < 1.29 is 9.53 Å². The normalized spacial score (nSPS) is 19.6. The molecule has 1 fully saturated rings. The first-order valence-corrected chi connectivity index (χ1v) is 6.56. The second-order valence-electron chi connectivity index (χ2n) is 4.30. The minimum atomic E-state index is -0.168. The Morgan fingerprint density at radius 3 is 2.25 bits per heavy atom. The highest BCUT2D eigenvalue weighted by atomic mass is 16.6. The van der Waals surface area contributed by atoms with E-state index in [2.05, 4.69) is 6.92 Å².